The van der Waals surface area contributed by atoms with E-state index in [0.29, 0.717) is 6.04 Å². The van der Waals surface area contributed by atoms with Crippen molar-refractivity contribution >= 4 is 0 Å². The molecule has 0 spiro atoms. The average Bonchev–Trinajstić information content (AvgIpc) is 2.71. The molecule has 1 aliphatic rings. The minimum absolute atomic E-state index is 0.202. The van der Waals surface area contributed by atoms with Gasteiger partial charge in [-0.05, 0) is 56.5 Å². The number of ether oxygens (including phenoxy) is 1. The van der Waals surface area contributed by atoms with Crippen LogP contribution >= 0.6 is 0 Å². The highest BCUT2D eigenvalue weighted by Gasteiger charge is 2.25. The molecule has 0 aliphatic heterocycles. The molecule has 3 heteroatoms. The normalized spacial score (nSPS) is 23.9. The molecule has 1 aromatic carbocycles. The zero-order valence-corrected chi connectivity index (χ0v) is 10.5. The second-order valence-corrected chi connectivity index (χ2v) is 4.72. The molecule has 0 amide bonds. The summed E-state index contributed by atoms with van der Waals surface area (Å²) >= 11 is 0. The van der Waals surface area contributed by atoms with Crippen LogP contribution < -0.4 is 10.1 Å². The SMILES string of the molecule is CCNC1CCC(Oc2ccc(F)cc2C)C1. The van der Waals surface area contributed by atoms with Gasteiger partial charge in [-0.3, -0.25) is 0 Å². The zero-order valence-electron chi connectivity index (χ0n) is 10.5. The largest absolute Gasteiger partial charge is 0.490 e. The van der Waals surface area contributed by atoms with Crippen LogP contribution in [0.25, 0.3) is 0 Å². The van der Waals surface area contributed by atoms with Gasteiger partial charge in [-0.15, -0.1) is 0 Å². The van der Waals surface area contributed by atoms with Crippen LogP contribution in [0, 0.1) is 12.7 Å². The minimum atomic E-state index is -0.202. The summed E-state index contributed by atoms with van der Waals surface area (Å²) in [6.45, 7) is 5.01. The van der Waals surface area contributed by atoms with Crippen LogP contribution in [0.2, 0.25) is 0 Å². The molecular weight excluding hydrogens is 217 g/mol. The van der Waals surface area contributed by atoms with E-state index in [1.165, 1.54) is 18.6 Å². The number of aryl methyl sites for hydroxylation is 1. The molecule has 2 atom stereocenters. The van der Waals surface area contributed by atoms with E-state index < -0.39 is 0 Å². The van der Waals surface area contributed by atoms with Gasteiger partial charge in [0.05, 0.1) is 0 Å². The maximum Gasteiger partial charge on any atom is 0.123 e. The van der Waals surface area contributed by atoms with E-state index in [2.05, 4.69) is 12.2 Å². The summed E-state index contributed by atoms with van der Waals surface area (Å²) in [7, 11) is 0. The first-order chi connectivity index (χ1) is 8.19. The molecule has 0 aromatic heterocycles. The Morgan fingerprint density at radius 1 is 1.41 bits per heavy atom. The highest BCUT2D eigenvalue weighted by atomic mass is 19.1. The molecular formula is C14H20FNO. The molecule has 17 heavy (non-hydrogen) atoms. The third-order valence-electron chi connectivity index (χ3n) is 3.31. The number of hydrogen-bond donors (Lipinski definition) is 1. The Kier molecular flexibility index (Phi) is 4.00. The number of benzene rings is 1. The molecule has 0 saturated heterocycles. The number of rotatable bonds is 4. The summed E-state index contributed by atoms with van der Waals surface area (Å²) in [6, 6.07) is 5.28. The smallest absolute Gasteiger partial charge is 0.123 e. The summed E-state index contributed by atoms with van der Waals surface area (Å²) in [5.74, 6) is 0.611. The molecule has 0 heterocycles. The Morgan fingerprint density at radius 2 is 2.24 bits per heavy atom. The Bertz CT molecular complexity index is 380. The van der Waals surface area contributed by atoms with Crippen molar-refractivity contribution < 1.29 is 9.13 Å². The van der Waals surface area contributed by atoms with Gasteiger partial charge in [0.1, 0.15) is 17.7 Å². The van der Waals surface area contributed by atoms with E-state index in [0.717, 1.165) is 30.7 Å². The van der Waals surface area contributed by atoms with Gasteiger partial charge in [0.15, 0.2) is 0 Å². The minimum Gasteiger partial charge on any atom is -0.490 e. The first kappa shape index (κ1) is 12.4. The zero-order chi connectivity index (χ0) is 12.3. The Hall–Kier alpha value is -1.09. The fraction of sp³-hybridized carbons (Fsp3) is 0.571. The molecule has 1 aliphatic carbocycles. The van der Waals surface area contributed by atoms with Gasteiger partial charge in [0, 0.05) is 6.04 Å². The second-order valence-electron chi connectivity index (χ2n) is 4.72. The van der Waals surface area contributed by atoms with Crippen LogP contribution in [0.3, 0.4) is 0 Å². The fourth-order valence-electron chi connectivity index (χ4n) is 2.45. The summed E-state index contributed by atoms with van der Waals surface area (Å²) < 4.78 is 18.9. The molecule has 1 fully saturated rings. The van der Waals surface area contributed by atoms with Gasteiger partial charge in [0.2, 0.25) is 0 Å². The molecule has 0 radical (unpaired) electrons. The molecule has 1 saturated carbocycles. The molecule has 0 bridgehead atoms. The van der Waals surface area contributed by atoms with Gasteiger partial charge in [-0.1, -0.05) is 6.92 Å². The molecule has 2 rings (SSSR count). The van der Waals surface area contributed by atoms with Gasteiger partial charge in [0.25, 0.3) is 0 Å². The van der Waals surface area contributed by atoms with Crippen LogP contribution in [0.4, 0.5) is 4.39 Å². The van der Waals surface area contributed by atoms with E-state index in [9.17, 15) is 4.39 Å². The van der Waals surface area contributed by atoms with Gasteiger partial charge < -0.3 is 10.1 Å². The van der Waals surface area contributed by atoms with E-state index in [4.69, 9.17) is 4.74 Å². The van der Waals surface area contributed by atoms with Crippen molar-refractivity contribution in [1.29, 1.82) is 0 Å². The molecule has 2 nitrogen and oxygen atoms in total. The lowest BCUT2D eigenvalue weighted by Crippen LogP contribution is -2.27. The Balaban J connectivity index is 1.93. The maximum absolute atomic E-state index is 13.0. The second kappa shape index (κ2) is 5.50. The third kappa shape index (κ3) is 3.19. The highest BCUT2D eigenvalue weighted by molar-refractivity contribution is 5.32. The summed E-state index contributed by atoms with van der Waals surface area (Å²) in [5.41, 5.74) is 0.872. The Morgan fingerprint density at radius 3 is 2.94 bits per heavy atom. The predicted molar refractivity (Wildman–Crippen MR) is 66.9 cm³/mol. The quantitative estimate of drug-likeness (QED) is 0.869. The molecule has 94 valence electrons. The summed E-state index contributed by atoms with van der Waals surface area (Å²) in [6.07, 6.45) is 3.56. The van der Waals surface area contributed by atoms with Crippen molar-refractivity contribution in [3.8, 4) is 5.75 Å². The first-order valence-electron chi connectivity index (χ1n) is 6.35. The van der Waals surface area contributed by atoms with Crippen molar-refractivity contribution in [1.82, 2.24) is 5.32 Å². The van der Waals surface area contributed by atoms with Gasteiger partial charge >= 0.3 is 0 Å². The molecule has 2 unspecified atom stereocenters. The first-order valence-corrected chi connectivity index (χ1v) is 6.35. The molecule has 1 aromatic rings. The fourth-order valence-corrected chi connectivity index (χ4v) is 2.45. The van der Waals surface area contributed by atoms with Crippen LogP contribution in [0.15, 0.2) is 18.2 Å². The van der Waals surface area contributed by atoms with E-state index in [1.807, 2.05) is 6.92 Å². The third-order valence-corrected chi connectivity index (χ3v) is 3.31. The standard InChI is InChI=1S/C14H20FNO/c1-3-16-12-5-6-13(9-12)17-14-7-4-11(15)8-10(14)2/h4,7-8,12-13,16H,3,5-6,9H2,1-2H3. The highest BCUT2D eigenvalue weighted by Crippen LogP contribution is 2.27. The van der Waals surface area contributed by atoms with Crippen molar-refractivity contribution in [2.45, 2.75) is 45.3 Å². The van der Waals surface area contributed by atoms with Gasteiger partial charge in [-0.2, -0.15) is 0 Å². The topological polar surface area (TPSA) is 21.3 Å². The predicted octanol–water partition coefficient (Wildman–Crippen LogP) is 3.04. The van der Waals surface area contributed by atoms with Crippen LogP contribution in [0.1, 0.15) is 31.7 Å². The van der Waals surface area contributed by atoms with Crippen LogP contribution in [-0.2, 0) is 0 Å². The van der Waals surface area contributed by atoms with E-state index >= 15 is 0 Å². The lowest BCUT2D eigenvalue weighted by atomic mass is 10.2. The van der Waals surface area contributed by atoms with E-state index in [-0.39, 0.29) is 11.9 Å². The van der Waals surface area contributed by atoms with Crippen LogP contribution in [-0.4, -0.2) is 18.7 Å². The Labute approximate surface area is 102 Å². The number of hydrogen-bond acceptors (Lipinski definition) is 2. The van der Waals surface area contributed by atoms with Crippen molar-refractivity contribution in [2.24, 2.45) is 0 Å². The summed E-state index contributed by atoms with van der Waals surface area (Å²) in [5, 5.41) is 3.44. The summed E-state index contributed by atoms with van der Waals surface area (Å²) in [4.78, 5) is 0. The monoisotopic (exact) mass is 237 g/mol. The lowest BCUT2D eigenvalue weighted by Gasteiger charge is -2.16. The van der Waals surface area contributed by atoms with Crippen molar-refractivity contribution in [2.75, 3.05) is 6.54 Å². The maximum atomic E-state index is 13.0. The lowest BCUT2D eigenvalue weighted by molar-refractivity contribution is 0.204. The van der Waals surface area contributed by atoms with Crippen molar-refractivity contribution in [3.05, 3.63) is 29.6 Å². The van der Waals surface area contributed by atoms with Gasteiger partial charge in [-0.25, -0.2) is 4.39 Å². The van der Waals surface area contributed by atoms with E-state index in [1.54, 1.807) is 6.07 Å². The average molecular weight is 237 g/mol. The number of halogens is 1. The molecule has 1 N–H and O–H groups in total. The van der Waals surface area contributed by atoms with Crippen molar-refractivity contribution in [3.63, 3.8) is 0 Å². The number of nitrogens with one attached hydrogen (secondary N) is 1. The van der Waals surface area contributed by atoms with Crippen LogP contribution in [0.5, 0.6) is 5.75 Å².